The van der Waals surface area contributed by atoms with Crippen LogP contribution in [0.4, 0.5) is 5.69 Å². The van der Waals surface area contributed by atoms with E-state index < -0.39 is 21.5 Å². The molecule has 1 saturated heterocycles. The fourth-order valence-corrected chi connectivity index (χ4v) is 4.45. The Morgan fingerprint density at radius 2 is 2.00 bits per heavy atom. The molecule has 2 unspecified atom stereocenters. The maximum absolute atomic E-state index is 12.6. The molecule has 0 aliphatic carbocycles. The highest BCUT2D eigenvalue weighted by Crippen LogP contribution is 2.42. The fraction of sp³-hybridized carbons (Fsp3) is 0.250. The molecule has 1 aliphatic rings. The van der Waals surface area contributed by atoms with Crippen LogP contribution in [0.3, 0.4) is 0 Å². The van der Waals surface area contributed by atoms with Crippen LogP contribution in [0.25, 0.3) is 11.2 Å². The topological polar surface area (TPSA) is 151 Å². The number of fused-ring (bicyclic) bond motifs is 1. The van der Waals surface area contributed by atoms with Gasteiger partial charge in [0.25, 0.3) is 11.6 Å². The van der Waals surface area contributed by atoms with Gasteiger partial charge in [-0.25, -0.2) is 15.0 Å². The minimum absolute atomic E-state index is 0.0639. The first-order chi connectivity index (χ1) is 15.3. The molecule has 0 spiro atoms. The molecule has 3 aromatic rings. The first kappa shape index (κ1) is 21.4. The molecule has 1 fully saturated rings. The molecule has 32 heavy (non-hydrogen) atoms. The highest BCUT2D eigenvalue weighted by molar-refractivity contribution is 8.01. The molecular weight excluding hydrogens is 436 g/mol. The predicted octanol–water partition coefficient (Wildman–Crippen LogP) is 2.52. The van der Waals surface area contributed by atoms with Crippen LogP contribution in [0.2, 0.25) is 0 Å². The standard InChI is InChI=1S/C20H18N6O5S/c1-11-19(29)25(20(32-11)12-4-6-13(7-5-12)26(30)31)24-16(28)9-8-15(27)18-22-14-3-2-10-21-17(14)23-18/h2-7,10-11,20H,8-9H2,1H3,(H,24,28)(H,21,22,23). The van der Waals surface area contributed by atoms with E-state index in [0.717, 1.165) is 0 Å². The summed E-state index contributed by atoms with van der Waals surface area (Å²) in [5.74, 6) is -1.01. The summed E-state index contributed by atoms with van der Waals surface area (Å²) < 4.78 is 0. The van der Waals surface area contributed by atoms with E-state index >= 15 is 0 Å². The van der Waals surface area contributed by atoms with Crippen LogP contribution in [0.5, 0.6) is 0 Å². The molecule has 1 aromatic carbocycles. The van der Waals surface area contributed by atoms with Crippen LogP contribution in [0.1, 0.15) is 41.3 Å². The molecule has 2 atom stereocenters. The van der Waals surface area contributed by atoms with Crippen molar-refractivity contribution in [3.63, 3.8) is 0 Å². The summed E-state index contributed by atoms with van der Waals surface area (Å²) in [5.41, 5.74) is 4.19. The van der Waals surface area contributed by atoms with E-state index in [1.807, 2.05) is 0 Å². The lowest BCUT2D eigenvalue weighted by Crippen LogP contribution is -2.45. The van der Waals surface area contributed by atoms with Gasteiger partial charge in [-0.05, 0) is 36.8 Å². The van der Waals surface area contributed by atoms with E-state index in [-0.39, 0.29) is 36.0 Å². The van der Waals surface area contributed by atoms with Crippen molar-refractivity contribution < 1.29 is 19.3 Å². The third-order valence-corrected chi connectivity index (χ3v) is 6.24. The molecule has 1 aliphatic heterocycles. The van der Waals surface area contributed by atoms with Gasteiger partial charge < -0.3 is 4.98 Å². The SMILES string of the molecule is CC1SC(c2ccc([N+](=O)[O-])cc2)N(NC(=O)CCC(=O)c2nc3ncccc3[nH]2)C1=O. The maximum atomic E-state index is 12.6. The van der Waals surface area contributed by atoms with Gasteiger partial charge in [0.1, 0.15) is 5.37 Å². The number of pyridine rings is 1. The second-order valence-electron chi connectivity index (χ2n) is 7.11. The first-order valence-corrected chi connectivity index (χ1v) is 10.6. The number of imidazole rings is 1. The molecule has 4 rings (SSSR count). The second kappa shape index (κ2) is 8.75. The van der Waals surface area contributed by atoms with E-state index in [9.17, 15) is 24.5 Å². The van der Waals surface area contributed by atoms with Gasteiger partial charge in [0, 0.05) is 31.2 Å². The largest absolute Gasteiger partial charge is 0.334 e. The Hall–Kier alpha value is -3.80. The lowest BCUT2D eigenvalue weighted by atomic mass is 10.2. The van der Waals surface area contributed by atoms with E-state index in [2.05, 4.69) is 20.4 Å². The van der Waals surface area contributed by atoms with Crippen molar-refractivity contribution in [1.29, 1.82) is 0 Å². The number of ketones is 1. The van der Waals surface area contributed by atoms with Gasteiger partial charge in [0.15, 0.2) is 17.3 Å². The molecule has 3 heterocycles. The van der Waals surface area contributed by atoms with Crippen molar-refractivity contribution >= 4 is 46.2 Å². The molecule has 0 bridgehead atoms. The summed E-state index contributed by atoms with van der Waals surface area (Å²) in [6, 6.07) is 9.28. The Labute approximate surface area is 185 Å². The number of nitro benzene ring substituents is 1. The molecule has 11 nitrogen and oxygen atoms in total. The quantitative estimate of drug-likeness (QED) is 0.314. The maximum Gasteiger partial charge on any atom is 0.269 e. The highest BCUT2D eigenvalue weighted by Gasteiger charge is 2.39. The Balaban J connectivity index is 1.40. The summed E-state index contributed by atoms with van der Waals surface area (Å²) in [6.07, 6.45) is 1.33. The number of rotatable bonds is 7. The van der Waals surface area contributed by atoms with Crippen molar-refractivity contribution in [3.8, 4) is 0 Å². The van der Waals surface area contributed by atoms with E-state index in [4.69, 9.17) is 0 Å². The summed E-state index contributed by atoms with van der Waals surface area (Å²) in [6.45, 7) is 1.72. The molecule has 2 N–H and O–H groups in total. The number of hydrogen-bond donors (Lipinski definition) is 2. The van der Waals surface area contributed by atoms with Gasteiger partial charge in [-0.2, -0.15) is 0 Å². The average molecular weight is 454 g/mol. The summed E-state index contributed by atoms with van der Waals surface area (Å²) in [7, 11) is 0. The van der Waals surface area contributed by atoms with Gasteiger partial charge in [0.2, 0.25) is 5.91 Å². The zero-order valence-corrected chi connectivity index (χ0v) is 17.7. The van der Waals surface area contributed by atoms with Gasteiger partial charge in [-0.3, -0.25) is 29.9 Å². The number of Topliss-reactive ketones (excluding diaryl/α,β-unsaturated/α-hetero) is 1. The molecule has 2 aromatic heterocycles. The van der Waals surface area contributed by atoms with Crippen LogP contribution in [-0.4, -0.2) is 47.7 Å². The third-order valence-electron chi connectivity index (χ3n) is 4.89. The highest BCUT2D eigenvalue weighted by atomic mass is 32.2. The van der Waals surface area contributed by atoms with Crippen molar-refractivity contribution in [2.24, 2.45) is 0 Å². The number of nitrogens with one attached hydrogen (secondary N) is 2. The minimum Gasteiger partial charge on any atom is -0.334 e. The van der Waals surface area contributed by atoms with Gasteiger partial charge in [-0.15, -0.1) is 11.8 Å². The van der Waals surface area contributed by atoms with Crippen molar-refractivity contribution in [3.05, 3.63) is 64.1 Å². The van der Waals surface area contributed by atoms with Crippen LogP contribution in [0.15, 0.2) is 42.6 Å². The van der Waals surface area contributed by atoms with Gasteiger partial charge in [-0.1, -0.05) is 0 Å². The number of H-pyrrole nitrogens is 1. The number of benzene rings is 1. The number of aromatic amines is 1. The summed E-state index contributed by atoms with van der Waals surface area (Å²) in [5, 5.41) is 11.2. The van der Waals surface area contributed by atoms with E-state index in [1.165, 1.54) is 28.9 Å². The number of aromatic nitrogens is 3. The van der Waals surface area contributed by atoms with Crippen molar-refractivity contribution in [2.75, 3.05) is 0 Å². The van der Waals surface area contributed by atoms with Crippen LogP contribution < -0.4 is 5.43 Å². The number of hydrogen-bond acceptors (Lipinski definition) is 8. The third kappa shape index (κ3) is 4.30. The van der Waals surface area contributed by atoms with E-state index in [1.54, 1.807) is 37.4 Å². The summed E-state index contributed by atoms with van der Waals surface area (Å²) >= 11 is 1.32. The first-order valence-electron chi connectivity index (χ1n) is 9.70. The lowest BCUT2D eigenvalue weighted by Gasteiger charge is -2.24. The number of non-ortho nitro benzene ring substituents is 1. The molecule has 0 saturated carbocycles. The molecule has 12 heteroatoms. The minimum atomic E-state index is -0.528. The fourth-order valence-electron chi connectivity index (χ4n) is 3.24. The van der Waals surface area contributed by atoms with Gasteiger partial charge in [0.05, 0.1) is 15.7 Å². The summed E-state index contributed by atoms with van der Waals surface area (Å²) in [4.78, 5) is 58.9. The number of hydrazine groups is 1. The molecule has 164 valence electrons. The zero-order valence-electron chi connectivity index (χ0n) is 16.8. The second-order valence-corrected chi connectivity index (χ2v) is 8.53. The Bertz CT molecular complexity index is 1180. The zero-order chi connectivity index (χ0) is 22.8. The number of carbonyl (C=O) groups is 3. The number of nitro groups is 1. The molecular formula is C20H18N6O5S. The Kier molecular flexibility index (Phi) is 5.86. The average Bonchev–Trinajstić information content (AvgIpc) is 3.34. The van der Waals surface area contributed by atoms with Crippen LogP contribution in [0, 0.1) is 10.1 Å². The number of carbonyl (C=O) groups excluding carboxylic acids is 3. The number of thioether (sulfide) groups is 1. The number of nitrogens with zero attached hydrogens (tertiary/aromatic N) is 4. The Morgan fingerprint density at radius 3 is 2.69 bits per heavy atom. The van der Waals surface area contributed by atoms with Crippen molar-refractivity contribution in [1.82, 2.24) is 25.4 Å². The van der Waals surface area contributed by atoms with E-state index in [0.29, 0.717) is 16.7 Å². The van der Waals surface area contributed by atoms with Crippen LogP contribution in [-0.2, 0) is 9.59 Å². The molecule has 2 amide bonds. The smallest absolute Gasteiger partial charge is 0.269 e. The predicted molar refractivity (Wildman–Crippen MR) is 115 cm³/mol. The monoisotopic (exact) mass is 454 g/mol. The van der Waals surface area contributed by atoms with Crippen LogP contribution >= 0.6 is 11.8 Å². The van der Waals surface area contributed by atoms with Gasteiger partial charge >= 0.3 is 0 Å². The van der Waals surface area contributed by atoms with Crippen molar-refractivity contribution in [2.45, 2.75) is 30.4 Å². The number of amides is 2. The molecule has 0 radical (unpaired) electrons. The lowest BCUT2D eigenvalue weighted by molar-refractivity contribution is -0.384. The Morgan fingerprint density at radius 1 is 1.25 bits per heavy atom. The normalized spacial score (nSPS) is 18.2.